The molecule has 2 aromatic rings. The number of aromatic nitrogens is 2. The molecule has 0 aliphatic rings. The van der Waals surface area contributed by atoms with E-state index in [-0.39, 0.29) is 5.97 Å². The predicted molar refractivity (Wildman–Crippen MR) is 72.8 cm³/mol. The summed E-state index contributed by atoms with van der Waals surface area (Å²) in [5.41, 5.74) is 1.92. The zero-order valence-corrected chi connectivity index (χ0v) is 11.7. The second kappa shape index (κ2) is 4.65. The Hall–Kier alpha value is -1.49. The number of thioether (sulfide) groups is 1. The van der Waals surface area contributed by atoms with Gasteiger partial charge in [0, 0.05) is 4.90 Å². The number of benzene rings is 1. The first-order valence-electron chi connectivity index (χ1n) is 5.66. The van der Waals surface area contributed by atoms with Crippen LogP contribution in [-0.4, -0.2) is 27.8 Å². The molecule has 0 radical (unpaired) electrons. The van der Waals surface area contributed by atoms with Gasteiger partial charge in [0.2, 0.25) is 0 Å². The molecular weight excluding hydrogens is 248 g/mol. The van der Waals surface area contributed by atoms with Crippen molar-refractivity contribution >= 4 is 28.8 Å². The molecule has 18 heavy (non-hydrogen) atoms. The smallest absolute Gasteiger partial charge is 0.321 e. The topological polar surface area (TPSA) is 55.0 Å². The zero-order chi connectivity index (χ0) is 13.3. The van der Waals surface area contributed by atoms with E-state index in [1.54, 1.807) is 0 Å². The Kier molecular flexibility index (Phi) is 3.34. The summed E-state index contributed by atoms with van der Waals surface area (Å²) in [5, 5.41) is 0. The first kappa shape index (κ1) is 13.0. The van der Waals surface area contributed by atoms with Crippen LogP contribution in [-0.2, 0) is 9.53 Å². The lowest BCUT2D eigenvalue weighted by atomic mass is 10.2. The van der Waals surface area contributed by atoms with Crippen LogP contribution < -0.4 is 0 Å². The maximum absolute atomic E-state index is 11.6. The molecule has 0 aliphatic heterocycles. The van der Waals surface area contributed by atoms with Crippen molar-refractivity contribution in [1.82, 2.24) is 9.97 Å². The molecular formula is C13H16N2O2S. The standard InChI is InChI=1S/C13H16N2O2S/c1-8-14-10-6-5-9(7-11(10)15-8)18-13(2,3)12(16)17-4/h5-7H,1-4H3,(H,14,15). The van der Waals surface area contributed by atoms with Gasteiger partial charge in [0.15, 0.2) is 0 Å². The van der Waals surface area contributed by atoms with Crippen molar-refractivity contribution < 1.29 is 9.53 Å². The van der Waals surface area contributed by atoms with Crippen molar-refractivity contribution in [3.63, 3.8) is 0 Å². The summed E-state index contributed by atoms with van der Waals surface area (Å²) in [6, 6.07) is 5.93. The number of nitrogens with one attached hydrogen (secondary N) is 1. The highest BCUT2D eigenvalue weighted by atomic mass is 32.2. The molecule has 0 spiro atoms. The maximum Gasteiger partial charge on any atom is 0.321 e. The minimum Gasteiger partial charge on any atom is -0.468 e. The van der Waals surface area contributed by atoms with Crippen LogP contribution in [0.2, 0.25) is 0 Å². The molecule has 1 aromatic carbocycles. The molecule has 0 amide bonds. The second-order valence-corrected chi connectivity index (χ2v) is 6.30. The normalized spacial score (nSPS) is 11.8. The molecule has 1 aromatic heterocycles. The number of hydrogen-bond donors (Lipinski definition) is 1. The SMILES string of the molecule is COC(=O)C(C)(C)Sc1ccc2nc(C)[nH]c2c1. The fourth-order valence-electron chi connectivity index (χ4n) is 1.76. The first-order valence-corrected chi connectivity index (χ1v) is 6.48. The van der Waals surface area contributed by atoms with Crippen LogP contribution in [0.3, 0.4) is 0 Å². The van der Waals surface area contributed by atoms with Gasteiger partial charge in [-0.25, -0.2) is 4.98 Å². The van der Waals surface area contributed by atoms with Crippen LogP contribution in [0.25, 0.3) is 11.0 Å². The van der Waals surface area contributed by atoms with Crippen LogP contribution >= 0.6 is 11.8 Å². The summed E-state index contributed by atoms with van der Waals surface area (Å²) in [6.45, 7) is 5.63. The van der Waals surface area contributed by atoms with Gasteiger partial charge in [0.25, 0.3) is 0 Å². The third-order valence-corrected chi connectivity index (χ3v) is 3.79. The summed E-state index contributed by atoms with van der Waals surface area (Å²) in [4.78, 5) is 20.2. The van der Waals surface area contributed by atoms with Crippen molar-refractivity contribution in [3.8, 4) is 0 Å². The van der Waals surface area contributed by atoms with Gasteiger partial charge in [-0.2, -0.15) is 0 Å². The molecule has 1 heterocycles. The number of H-pyrrole nitrogens is 1. The zero-order valence-electron chi connectivity index (χ0n) is 10.9. The van der Waals surface area contributed by atoms with Gasteiger partial charge in [-0.05, 0) is 39.0 Å². The first-order chi connectivity index (χ1) is 8.42. The van der Waals surface area contributed by atoms with E-state index in [2.05, 4.69) is 9.97 Å². The fraction of sp³-hybridized carbons (Fsp3) is 0.385. The summed E-state index contributed by atoms with van der Waals surface area (Å²) < 4.78 is 4.20. The lowest BCUT2D eigenvalue weighted by Crippen LogP contribution is -2.28. The van der Waals surface area contributed by atoms with Gasteiger partial charge < -0.3 is 9.72 Å². The minimum atomic E-state index is -0.600. The Morgan fingerprint density at radius 3 is 2.83 bits per heavy atom. The average Bonchev–Trinajstić information content (AvgIpc) is 2.66. The van der Waals surface area contributed by atoms with Gasteiger partial charge in [-0.15, -0.1) is 11.8 Å². The van der Waals surface area contributed by atoms with Gasteiger partial charge in [-0.1, -0.05) is 0 Å². The fourth-order valence-corrected chi connectivity index (χ4v) is 2.83. The number of ether oxygens (including phenoxy) is 1. The van der Waals surface area contributed by atoms with E-state index in [1.807, 2.05) is 39.0 Å². The van der Waals surface area contributed by atoms with Crippen molar-refractivity contribution in [1.29, 1.82) is 0 Å². The molecule has 0 fully saturated rings. The second-order valence-electron chi connectivity index (χ2n) is 4.61. The van der Waals surface area contributed by atoms with Crippen LogP contribution in [0.1, 0.15) is 19.7 Å². The van der Waals surface area contributed by atoms with E-state index in [0.717, 1.165) is 21.8 Å². The molecule has 0 saturated carbocycles. The highest BCUT2D eigenvalue weighted by Crippen LogP contribution is 2.34. The Labute approximate surface area is 110 Å². The van der Waals surface area contributed by atoms with Gasteiger partial charge in [0.05, 0.1) is 18.1 Å². The highest BCUT2D eigenvalue weighted by molar-refractivity contribution is 8.01. The van der Waals surface area contributed by atoms with Gasteiger partial charge >= 0.3 is 5.97 Å². The van der Waals surface area contributed by atoms with E-state index < -0.39 is 4.75 Å². The van der Waals surface area contributed by atoms with Crippen molar-refractivity contribution in [2.45, 2.75) is 30.4 Å². The maximum atomic E-state index is 11.6. The molecule has 1 N–H and O–H groups in total. The number of methoxy groups -OCH3 is 1. The van der Waals surface area contributed by atoms with Crippen molar-refractivity contribution in [2.75, 3.05) is 7.11 Å². The predicted octanol–water partition coefficient (Wildman–Crippen LogP) is 2.92. The minimum absolute atomic E-state index is 0.228. The number of imidazole rings is 1. The number of aryl methyl sites for hydroxylation is 1. The summed E-state index contributed by atoms with van der Waals surface area (Å²) in [6.07, 6.45) is 0. The average molecular weight is 264 g/mol. The number of esters is 1. The number of carbonyl (C=O) groups excluding carboxylic acids is 1. The van der Waals surface area contributed by atoms with E-state index in [1.165, 1.54) is 18.9 Å². The van der Waals surface area contributed by atoms with E-state index in [9.17, 15) is 4.79 Å². The van der Waals surface area contributed by atoms with Crippen molar-refractivity contribution in [3.05, 3.63) is 24.0 Å². The van der Waals surface area contributed by atoms with Crippen LogP contribution in [0.4, 0.5) is 0 Å². The summed E-state index contributed by atoms with van der Waals surface area (Å²) >= 11 is 1.48. The van der Waals surface area contributed by atoms with E-state index in [4.69, 9.17) is 4.74 Å². The third-order valence-electron chi connectivity index (χ3n) is 2.62. The monoisotopic (exact) mass is 264 g/mol. The Morgan fingerprint density at radius 1 is 1.44 bits per heavy atom. The van der Waals surface area contributed by atoms with Crippen LogP contribution in [0.15, 0.2) is 23.1 Å². The number of aromatic amines is 1. The Bertz CT molecular complexity index is 590. The molecule has 2 rings (SSSR count). The highest BCUT2D eigenvalue weighted by Gasteiger charge is 2.30. The molecule has 4 nitrogen and oxygen atoms in total. The quantitative estimate of drug-likeness (QED) is 0.684. The van der Waals surface area contributed by atoms with Gasteiger partial charge in [0.1, 0.15) is 10.6 Å². The lowest BCUT2D eigenvalue weighted by molar-refractivity contribution is -0.142. The Morgan fingerprint density at radius 2 is 2.17 bits per heavy atom. The Balaban J connectivity index is 2.29. The van der Waals surface area contributed by atoms with Crippen molar-refractivity contribution in [2.24, 2.45) is 0 Å². The number of fused-ring (bicyclic) bond motifs is 1. The lowest BCUT2D eigenvalue weighted by Gasteiger charge is -2.20. The van der Waals surface area contributed by atoms with E-state index in [0.29, 0.717) is 0 Å². The van der Waals surface area contributed by atoms with E-state index >= 15 is 0 Å². The summed E-state index contributed by atoms with van der Waals surface area (Å²) in [7, 11) is 1.41. The number of rotatable bonds is 3. The molecule has 0 aliphatic carbocycles. The molecule has 0 unspecified atom stereocenters. The van der Waals surface area contributed by atoms with Gasteiger partial charge in [-0.3, -0.25) is 4.79 Å². The van der Waals surface area contributed by atoms with Crippen LogP contribution in [0.5, 0.6) is 0 Å². The number of carbonyl (C=O) groups is 1. The molecule has 96 valence electrons. The largest absolute Gasteiger partial charge is 0.468 e. The molecule has 0 bridgehead atoms. The van der Waals surface area contributed by atoms with Crippen LogP contribution in [0, 0.1) is 6.92 Å². The molecule has 5 heteroatoms. The number of nitrogens with zero attached hydrogens (tertiary/aromatic N) is 1. The summed E-state index contributed by atoms with van der Waals surface area (Å²) in [5.74, 6) is 0.660. The molecule has 0 atom stereocenters. The number of hydrogen-bond acceptors (Lipinski definition) is 4. The third kappa shape index (κ3) is 2.51. The molecule has 0 saturated heterocycles.